The van der Waals surface area contributed by atoms with Crippen LogP contribution in [0.1, 0.15) is 50.0 Å². The first kappa shape index (κ1) is 18.7. The predicted molar refractivity (Wildman–Crippen MR) is 93.3 cm³/mol. The first-order valence-corrected chi connectivity index (χ1v) is 9.06. The molecule has 2 amide bonds. The molecule has 0 aromatic carbocycles. The Morgan fingerprint density at radius 3 is 2.73 bits per heavy atom. The van der Waals surface area contributed by atoms with Crippen molar-refractivity contribution in [1.82, 2.24) is 20.2 Å². The van der Waals surface area contributed by atoms with Gasteiger partial charge in [0.1, 0.15) is 11.8 Å². The summed E-state index contributed by atoms with van der Waals surface area (Å²) < 4.78 is 6.00. The number of aliphatic hydroxyl groups excluding tert-OH is 1. The molecule has 0 saturated carbocycles. The van der Waals surface area contributed by atoms with Crippen LogP contribution in [-0.4, -0.2) is 68.7 Å². The number of amides is 2. The van der Waals surface area contributed by atoms with E-state index >= 15 is 0 Å². The Morgan fingerprint density at radius 2 is 2.12 bits per heavy atom. The zero-order valence-corrected chi connectivity index (χ0v) is 15.3. The van der Waals surface area contributed by atoms with Crippen molar-refractivity contribution in [3.05, 3.63) is 24.3 Å². The van der Waals surface area contributed by atoms with Crippen LogP contribution in [0.2, 0.25) is 0 Å². The van der Waals surface area contributed by atoms with Gasteiger partial charge < -0.3 is 20.1 Å². The van der Waals surface area contributed by atoms with Crippen LogP contribution in [0.25, 0.3) is 0 Å². The minimum Gasteiger partial charge on any atom is -0.388 e. The maximum absolute atomic E-state index is 12.5. The van der Waals surface area contributed by atoms with Crippen LogP contribution in [0.15, 0.2) is 18.6 Å². The molecule has 3 heterocycles. The summed E-state index contributed by atoms with van der Waals surface area (Å²) in [6, 6.07) is 0. The molecule has 0 bridgehead atoms. The number of rotatable bonds is 3. The van der Waals surface area contributed by atoms with Crippen molar-refractivity contribution in [2.24, 2.45) is 0 Å². The van der Waals surface area contributed by atoms with Crippen molar-refractivity contribution >= 4 is 11.8 Å². The van der Waals surface area contributed by atoms with E-state index < -0.39 is 17.2 Å². The van der Waals surface area contributed by atoms with Crippen LogP contribution in [0, 0.1) is 0 Å². The summed E-state index contributed by atoms with van der Waals surface area (Å²) in [5, 5.41) is 13.4. The fourth-order valence-electron chi connectivity index (χ4n) is 3.85. The number of nitrogens with one attached hydrogen (secondary N) is 1. The van der Waals surface area contributed by atoms with Gasteiger partial charge in [-0.2, -0.15) is 0 Å². The molecule has 2 atom stereocenters. The molecule has 0 radical (unpaired) electrons. The average molecular weight is 362 g/mol. The molecule has 2 aliphatic heterocycles. The van der Waals surface area contributed by atoms with Crippen LogP contribution in [-0.2, 0) is 9.53 Å². The number of piperidine rings is 1. The zero-order valence-electron chi connectivity index (χ0n) is 15.3. The van der Waals surface area contributed by atoms with E-state index in [1.807, 2.05) is 18.7 Å². The van der Waals surface area contributed by atoms with Crippen LogP contribution < -0.4 is 5.32 Å². The van der Waals surface area contributed by atoms with Crippen molar-refractivity contribution < 1.29 is 19.4 Å². The van der Waals surface area contributed by atoms with Gasteiger partial charge in [-0.1, -0.05) is 6.92 Å². The Hall–Kier alpha value is -2.06. The van der Waals surface area contributed by atoms with Gasteiger partial charge in [0.25, 0.3) is 5.91 Å². The highest BCUT2D eigenvalue weighted by molar-refractivity contribution is 5.92. The second kappa shape index (κ2) is 7.28. The lowest BCUT2D eigenvalue weighted by molar-refractivity contribution is -0.179. The first-order chi connectivity index (χ1) is 12.4. The van der Waals surface area contributed by atoms with Gasteiger partial charge in [-0.3, -0.25) is 14.6 Å². The number of hydrogen-bond donors (Lipinski definition) is 2. The van der Waals surface area contributed by atoms with E-state index in [4.69, 9.17) is 4.74 Å². The zero-order chi connectivity index (χ0) is 18.8. The van der Waals surface area contributed by atoms with Crippen molar-refractivity contribution in [3.63, 3.8) is 0 Å². The SMILES string of the molecule is CCC(=O)N1CCC2(CC1)C[C@](C)(NC(=O)c1cnccn1)[C@@H](O)CO2. The number of aliphatic hydroxyl groups is 1. The van der Waals surface area contributed by atoms with E-state index in [2.05, 4.69) is 15.3 Å². The maximum atomic E-state index is 12.5. The highest BCUT2D eigenvalue weighted by atomic mass is 16.5. The third-order valence-electron chi connectivity index (χ3n) is 5.50. The molecule has 142 valence electrons. The van der Waals surface area contributed by atoms with Gasteiger partial charge in [0.05, 0.1) is 23.9 Å². The summed E-state index contributed by atoms with van der Waals surface area (Å²) in [6.45, 7) is 5.12. The Labute approximate surface area is 153 Å². The molecule has 1 aromatic heterocycles. The monoisotopic (exact) mass is 362 g/mol. The molecule has 3 rings (SSSR count). The van der Waals surface area contributed by atoms with Crippen molar-refractivity contribution in [1.29, 1.82) is 0 Å². The maximum Gasteiger partial charge on any atom is 0.271 e. The van der Waals surface area contributed by atoms with Crippen LogP contribution in [0.4, 0.5) is 0 Å². The Bertz CT molecular complexity index is 660. The van der Waals surface area contributed by atoms with Gasteiger partial charge in [-0.25, -0.2) is 4.98 Å². The summed E-state index contributed by atoms with van der Waals surface area (Å²) >= 11 is 0. The van der Waals surface area contributed by atoms with Gasteiger partial charge in [0, 0.05) is 38.3 Å². The minimum atomic E-state index is -0.830. The molecule has 2 saturated heterocycles. The van der Waals surface area contributed by atoms with Gasteiger partial charge in [-0.15, -0.1) is 0 Å². The van der Waals surface area contributed by atoms with E-state index in [-0.39, 0.29) is 24.1 Å². The topological polar surface area (TPSA) is 105 Å². The van der Waals surface area contributed by atoms with E-state index in [1.165, 1.54) is 18.6 Å². The minimum absolute atomic E-state index is 0.148. The third kappa shape index (κ3) is 3.71. The summed E-state index contributed by atoms with van der Waals surface area (Å²) in [7, 11) is 0. The number of aromatic nitrogens is 2. The van der Waals surface area contributed by atoms with Crippen molar-refractivity contribution in [3.8, 4) is 0 Å². The highest BCUT2D eigenvalue weighted by Crippen LogP contribution is 2.39. The van der Waals surface area contributed by atoms with Gasteiger partial charge in [0.15, 0.2) is 0 Å². The van der Waals surface area contributed by atoms with E-state index in [1.54, 1.807) is 0 Å². The second-order valence-corrected chi connectivity index (χ2v) is 7.38. The summed E-state index contributed by atoms with van der Waals surface area (Å²) in [4.78, 5) is 34.2. The summed E-state index contributed by atoms with van der Waals surface area (Å²) in [6.07, 6.45) is 5.92. The molecule has 2 aliphatic rings. The molecule has 2 fully saturated rings. The van der Waals surface area contributed by atoms with Gasteiger partial charge in [0.2, 0.25) is 5.91 Å². The Balaban J connectivity index is 1.70. The van der Waals surface area contributed by atoms with Crippen molar-refractivity contribution in [2.45, 2.75) is 56.8 Å². The fourth-order valence-corrected chi connectivity index (χ4v) is 3.85. The number of ether oxygens (including phenoxy) is 1. The molecule has 0 unspecified atom stereocenters. The summed E-state index contributed by atoms with van der Waals surface area (Å²) in [5.74, 6) is -0.218. The van der Waals surface area contributed by atoms with E-state index in [0.29, 0.717) is 38.8 Å². The number of carbonyl (C=O) groups excluding carboxylic acids is 2. The molecule has 26 heavy (non-hydrogen) atoms. The lowest BCUT2D eigenvalue weighted by Gasteiger charge is -2.51. The van der Waals surface area contributed by atoms with E-state index in [0.717, 1.165) is 0 Å². The van der Waals surface area contributed by atoms with E-state index in [9.17, 15) is 14.7 Å². The standard InChI is InChI=1S/C18H26N4O4/c1-3-15(24)22-8-4-18(5-9-22)12-17(2,14(23)11-26-18)21-16(25)13-10-19-6-7-20-13/h6-7,10,14,23H,3-5,8-9,11-12H2,1-2H3,(H,21,25)/t14-,17-/m0/s1. The summed E-state index contributed by atoms with van der Waals surface area (Å²) in [5.41, 5.74) is -1.05. The van der Waals surface area contributed by atoms with Gasteiger partial charge >= 0.3 is 0 Å². The average Bonchev–Trinajstić information content (AvgIpc) is 2.66. The molecular formula is C18H26N4O4. The van der Waals surface area contributed by atoms with Crippen LogP contribution in [0.5, 0.6) is 0 Å². The molecule has 8 heteroatoms. The second-order valence-electron chi connectivity index (χ2n) is 7.38. The first-order valence-electron chi connectivity index (χ1n) is 9.06. The Kier molecular flexibility index (Phi) is 5.24. The molecule has 2 N–H and O–H groups in total. The molecular weight excluding hydrogens is 336 g/mol. The van der Waals surface area contributed by atoms with Crippen LogP contribution >= 0.6 is 0 Å². The number of likely N-dealkylation sites (tertiary alicyclic amines) is 1. The quantitative estimate of drug-likeness (QED) is 0.812. The third-order valence-corrected chi connectivity index (χ3v) is 5.50. The molecule has 1 aromatic rings. The van der Waals surface area contributed by atoms with Crippen molar-refractivity contribution in [2.75, 3.05) is 19.7 Å². The number of nitrogens with zero attached hydrogens (tertiary/aromatic N) is 3. The predicted octanol–water partition coefficient (Wildman–Crippen LogP) is 0.518. The fraction of sp³-hybridized carbons (Fsp3) is 0.667. The highest BCUT2D eigenvalue weighted by Gasteiger charge is 2.50. The Morgan fingerprint density at radius 1 is 1.38 bits per heavy atom. The number of hydrogen-bond acceptors (Lipinski definition) is 6. The lowest BCUT2D eigenvalue weighted by atomic mass is 9.74. The molecule has 8 nitrogen and oxygen atoms in total. The van der Waals surface area contributed by atoms with Crippen LogP contribution in [0.3, 0.4) is 0 Å². The molecule has 1 spiro atoms. The largest absolute Gasteiger partial charge is 0.388 e. The normalized spacial score (nSPS) is 28.0. The number of carbonyl (C=O) groups is 2. The molecule has 0 aliphatic carbocycles. The van der Waals surface area contributed by atoms with Gasteiger partial charge in [-0.05, 0) is 19.8 Å². The lowest BCUT2D eigenvalue weighted by Crippen LogP contribution is -2.65. The smallest absolute Gasteiger partial charge is 0.271 e.